The molecule has 1 aliphatic rings. The van der Waals surface area contributed by atoms with E-state index in [1.165, 1.54) is 22.9 Å². The van der Waals surface area contributed by atoms with Crippen molar-refractivity contribution in [2.24, 2.45) is 0 Å². The summed E-state index contributed by atoms with van der Waals surface area (Å²) in [5.74, 6) is -0.617. The first kappa shape index (κ1) is 31.3. The van der Waals surface area contributed by atoms with Crippen molar-refractivity contribution in [3.8, 4) is 0 Å². The van der Waals surface area contributed by atoms with Gasteiger partial charge in [-0.3, -0.25) is 13.9 Å². The highest BCUT2D eigenvalue weighted by Crippen LogP contribution is 2.27. The number of sulfonamides is 1. The van der Waals surface area contributed by atoms with Gasteiger partial charge in [0.15, 0.2) is 0 Å². The van der Waals surface area contributed by atoms with Gasteiger partial charge in [0.1, 0.15) is 12.6 Å². The zero-order valence-electron chi connectivity index (χ0n) is 25.2. The van der Waals surface area contributed by atoms with E-state index in [4.69, 9.17) is 0 Å². The van der Waals surface area contributed by atoms with E-state index >= 15 is 0 Å². The maximum absolute atomic E-state index is 14.3. The molecule has 0 heterocycles. The molecule has 3 aromatic rings. The first-order valence-electron chi connectivity index (χ1n) is 14.9. The number of rotatable bonds is 11. The number of carbonyl (C=O) groups excluding carboxylic acids is 2. The normalized spacial score (nSPS) is 14.7. The fraction of sp³-hybridized carbons (Fsp3) is 0.412. The Labute approximate surface area is 251 Å². The van der Waals surface area contributed by atoms with E-state index in [2.05, 4.69) is 5.32 Å². The van der Waals surface area contributed by atoms with Gasteiger partial charge in [0.2, 0.25) is 11.8 Å². The molecule has 0 radical (unpaired) electrons. The highest BCUT2D eigenvalue weighted by Gasteiger charge is 2.34. The van der Waals surface area contributed by atoms with Gasteiger partial charge in [-0.15, -0.1) is 0 Å². The zero-order chi connectivity index (χ0) is 30.3. The van der Waals surface area contributed by atoms with Crippen LogP contribution in [0.1, 0.15) is 67.7 Å². The predicted molar refractivity (Wildman–Crippen MR) is 168 cm³/mol. The van der Waals surface area contributed by atoms with E-state index in [9.17, 15) is 18.0 Å². The summed E-state index contributed by atoms with van der Waals surface area (Å²) < 4.78 is 29.2. The summed E-state index contributed by atoms with van der Waals surface area (Å²) in [6, 6.07) is 20.7. The van der Waals surface area contributed by atoms with Crippen LogP contribution in [0.25, 0.3) is 0 Å². The van der Waals surface area contributed by atoms with Gasteiger partial charge in [-0.25, -0.2) is 8.42 Å². The number of carbonyl (C=O) groups is 2. The Kier molecular flexibility index (Phi) is 10.4. The lowest BCUT2D eigenvalue weighted by Gasteiger charge is -2.34. The van der Waals surface area contributed by atoms with Crippen LogP contribution in [0, 0.1) is 20.8 Å². The van der Waals surface area contributed by atoms with Crippen LogP contribution >= 0.6 is 0 Å². The molecule has 7 nitrogen and oxygen atoms in total. The number of nitrogens with zero attached hydrogens (tertiary/aromatic N) is 2. The summed E-state index contributed by atoms with van der Waals surface area (Å²) >= 11 is 0. The second-order valence-corrected chi connectivity index (χ2v) is 13.2. The highest BCUT2D eigenvalue weighted by atomic mass is 32.2. The van der Waals surface area contributed by atoms with Crippen molar-refractivity contribution in [1.82, 2.24) is 10.2 Å². The largest absolute Gasteiger partial charge is 0.352 e. The van der Waals surface area contributed by atoms with Crippen LogP contribution in [-0.4, -0.2) is 43.8 Å². The lowest BCUT2D eigenvalue weighted by molar-refractivity contribution is -0.140. The van der Waals surface area contributed by atoms with Crippen LogP contribution in [0.3, 0.4) is 0 Å². The number of nitrogens with one attached hydrogen (secondary N) is 1. The van der Waals surface area contributed by atoms with Gasteiger partial charge in [-0.1, -0.05) is 80.3 Å². The van der Waals surface area contributed by atoms with E-state index < -0.39 is 28.5 Å². The molecule has 1 unspecified atom stereocenters. The van der Waals surface area contributed by atoms with E-state index in [1.807, 2.05) is 58.0 Å². The quantitative estimate of drug-likeness (QED) is 0.294. The number of benzene rings is 3. The Bertz CT molecular complexity index is 1480. The van der Waals surface area contributed by atoms with E-state index in [0.717, 1.165) is 47.9 Å². The third-order valence-corrected chi connectivity index (χ3v) is 9.95. The maximum Gasteiger partial charge on any atom is 0.264 e. The SMILES string of the molecule is CCC(C(=O)NC1CCCCC1)N(Cc1cccc(C)c1)C(=O)CN(c1ccc(C)c(C)c1)S(=O)(=O)c1ccccc1. The number of hydrogen-bond acceptors (Lipinski definition) is 4. The van der Waals surface area contributed by atoms with Crippen molar-refractivity contribution < 1.29 is 18.0 Å². The van der Waals surface area contributed by atoms with Crippen LogP contribution in [0.2, 0.25) is 0 Å². The molecule has 1 aliphatic carbocycles. The van der Waals surface area contributed by atoms with E-state index in [0.29, 0.717) is 12.1 Å². The lowest BCUT2D eigenvalue weighted by Crippen LogP contribution is -2.54. The molecular weight excluding hydrogens is 546 g/mol. The summed E-state index contributed by atoms with van der Waals surface area (Å²) in [5, 5.41) is 3.19. The summed E-state index contributed by atoms with van der Waals surface area (Å²) in [6.45, 7) is 7.52. The molecule has 4 rings (SSSR count). The van der Waals surface area contributed by atoms with Crippen molar-refractivity contribution in [3.63, 3.8) is 0 Å². The molecule has 0 saturated heterocycles. The average molecular weight is 590 g/mol. The van der Waals surface area contributed by atoms with Gasteiger partial charge in [0, 0.05) is 12.6 Å². The Hall–Kier alpha value is -3.65. The molecule has 0 bridgehead atoms. The Morgan fingerprint density at radius 2 is 1.60 bits per heavy atom. The Morgan fingerprint density at radius 3 is 2.24 bits per heavy atom. The maximum atomic E-state index is 14.3. The van der Waals surface area contributed by atoms with Crippen LogP contribution in [-0.2, 0) is 26.2 Å². The topological polar surface area (TPSA) is 86.8 Å². The standard InChI is InChI=1S/C34H43N3O4S/c1-5-32(34(39)35-29-15-8-6-9-16-29)36(23-28-14-12-13-25(2)21-28)33(38)24-37(30-20-19-26(3)27(4)22-30)42(40,41)31-17-10-7-11-18-31/h7,10-14,17-22,29,32H,5-6,8-9,15-16,23-24H2,1-4H3,(H,35,39). The van der Waals surface area contributed by atoms with Gasteiger partial charge < -0.3 is 10.2 Å². The van der Waals surface area contributed by atoms with Crippen molar-refractivity contribution in [2.75, 3.05) is 10.8 Å². The summed E-state index contributed by atoms with van der Waals surface area (Å²) in [5.41, 5.74) is 4.28. The molecular formula is C34H43N3O4S. The van der Waals surface area contributed by atoms with Crippen molar-refractivity contribution in [2.45, 2.75) is 89.7 Å². The summed E-state index contributed by atoms with van der Waals surface area (Å²) in [6.07, 6.45) is 5.61. The molecule has 224 valence electrons. The van der Waals surface area contributed by atoms with Crippen LogP contribution < -0.4 is 9.62 Å². The van der Waals surface area contributed by atoms with Crippen molar-refractivity contribution in [1.29, 1.82) is 0 Å². The van der Waals surface area contributed by atoms with Crippen LogP contribution in [0.5, 0.6) is 0 Å². The minimum Gasteiger partial charge on any atom is -0.352 e. The third-order valence-electron chi connectivity index (χ3n) is 8.16. The van der Waals surface area contributed by atoms with Gasteiger partial charge >= 0.3 is 0 Å². The average Bonchev–Trinajstić information content (AvgIpc) is 2.98. The summed E-state index contributed by atoms with van der Waals surface area (Å²) in [4.78, 5) is 29.6. The highest BCUT2D eigenvalue weighted by molar-refractivity contribution is 7.92. The third kappa shape index (κ3) is 7.59. The molecule has 0 aliphatic heterocycles. The molecule has 0 aromatic heterocycles. The van der Waals surface area contributed by atoms with Gasteiger partial charge in [0.25, 0.3) is 10.0 Å². The minimum absolute atomic E-state index is 0.0988. The summed E-state index contributed by atoms with van der Waals surface area (Å²) in [7, 11) is -4.08. The smallest absolute Gasteiger partial charge is 0.264 e. The molecule has 42 heavy (non-hydrogen) atoms. The minimum atomic E-state index is -4.08. The monoisotopic (exact) mass is 589 g/mol. The Balaban J connectivity index is 1.71. The van der Waals surface area contributed by atoms with Gasteiger partial charge in [-0.05, 0) is 81.0 Å². The second-order valence-electron chi connectivity index (χ2n) is 11.4. The molecule has 1 saturated carbocycles. The number of hydrogen-bond donors (Lipinski definition) is 1. The fourth-order valence-corrected chi connectivity index (χ4v) is 7.03. The van der Waals surface area contributed by atoms with Gasteiger partial charge in [0.05, 0.1) is 10.6 Å². The van der Waals surface area contributed by atoms with Gasteiger partial charge in [-0.2, -0.15) is 0 Å². The first-order valence-corrected chi connectivity index (χ1v) is 16.3. The number of amides is 2. The molecule has 2 amide bonds. The number of anilines is 1. The first-order chi connectivity index (χ1) is 20.1. The molecule has 8 heteroatoms. The molecule has 0 spiro atoms. The van der Waals surface area contributed by atoms with Crippen LogP contribution in [0.15, 0.2) is 77.7 Å². The van der Waals surface area contributed by atoms with Crippen molar-refractivity contribution >= 4 is 27.5 Å². The van der Waals surface area contributed by atoms with E-state index in [1.54, 1.807) is 35.2 Å². The Morgan fingerprint density at radius 1 is 0.881 bits per heavy atom. The molecule has 1 fully saturated rings. The second kappa shape index (κ2) is 14.0. The predicted octanol–water partition coefficient (Wildman–Crippen LogP) is 6.06. The molecule has 3 aromatic carbocycles. The van der Waals surface area contributed by atoms with E-state index in [-0.39, 0.29) is 23.4 Å². The van der Waals surface area contributed by atoms with Crippen molar-refractivity contribution in [3.05, 3.63) is 95.1 Å². The zero-order valence-corrected chi connectivity index (χ0v) is 26.0. The fourth-order valence-electron chi connectivity index (χ4n) is 5.60. The molecule has 1 atom stereocenters. The number of aryl methyl sites for hydroxylation is 3. The van der Waals surface area contributed by atoms with Crippen LogP contribution in [0.4, 0.5) is 5.69 Å². The lowest BCUT2D eigenvalue weighted by atomic mass is 9.95. The molecule has 1 N–H and O–H groups in total.